The molecule has 0 aliphatic rings. The highest BCUT2D eigenvalue weighted by Gasteiger charge is 2.18. The van der Waals surface area contributed by atoms with E-state index in [9.17, 15) is 13.5 Å². The van der Waals surface area contributed by atoms with Crippen molar-refractivity contribution >= 4 is 43.4 Å². The van der Waals surface area contributed by atoms with Gasteiger partial charge in [0.15, 0.2) is 0 Å². The van der Waals surface area contributed by atoms with Gasteiger partial charge in [0.1, 0.15) is 5.82 Å². The Kier molecular flexibility index (Phi) is 5.43. The number of aliphatic hydroxyl groups excluding tert-OH is 1. The molecular weight excluding hydrogens is 398 g/mol. The number of nitrogens with one attached hydrogen (secondary N) is 2. The molecule has 1 aromatic heterocycles. The lowest BCUT2D eigenvalue weighted by Gasteiger charge is -2.24. The van der Waals surface area contributed by atoms with Gasteiger partial charge in [0, 0.05) is 11.9 Å². The molecule has 24 heavy (non-hydrogen) atoms. The van der Waals surface area contributed by atoms with Gasteiger partial charge in [-0.1, -0.05) is 0 Å². The number of hydrogen-bond donors (Lipinski definition) is 4. The molecule has 0 radical (unpaired) electrons. The maximum Gasteiger partial charge on any atom is 0.238 e. The van der Waals surface area contributed by atoms with Crippen molar-refractivity contribution in [2.24, 2.45) is 5.14 Å². The Labute approximate surface area is 148 Å². The first kappa shape index (κ1) is 18.6. The number of aromatic nitrogens is 2. The minimum absolute atomic E-state index is 0.0248. The Morgan fingerprint density at radius 2 is 1.92 bits per heavy atom. The van der Waals surface area contributed by atoms with E-state index in [1.165, 1.54) is 12.1 Å². The summed E-state index contributed by atoms with van der Waals surface area (Å²) in [5.41, 5.74) is 0.0581. The number of primary sulfonamides is 1. The van der Waals surface area contributed by atoms with Gasteiger partial charge in [-0.2, -0.15) is 4.98 Å². The largest absolute Gasteiger partial charge is 0.394 e. The van der Waals surface area contributed by atoms with Crippen molar-refractivity contribution in [2.75, 3.05) is 17.2 Å². The number of anilines is 3. The highest BCUT2D eigenvalue weighted by atomic mass is 79.9. The summed E-state index contributed by atoms with van der Waals surface area (Å²) in [4.78, 5) is 8.51. The van der Waals surface area contributed by atoms with Crippen molar-refractivity contribution in [2.45, 2.75) is 24.3 Å². The lowest BCUT2D eigenvalue weighted by atomic mass is 10.1. The Morgan fingerprint density at radius 3 is 2.46 bits per heavy atom. The van der Waals surface area contributed by atoms with Crippen LogP contribution in [0.3, 0.4) is 0 Å². The van der Waals surface area contributed by atoms with Gasteiger partial charge in [-0.25, -0.2) is 18.5 Å². The summed E-state index contributed by atoms with van der Waals surface area (Å²) in [5.74, 6) is 0.838. The van der Waals surface area contributed by atoms with Gasteiger partial charge in [0.2, 0.25) is 16.0 Å². The Morgan fingerprint density at radius 1 is 1.29 bits per heavy atom. The van der Waals surface area contributed by atoms with Crippen molar-refractivity contribution in [1.82, 2.24) is 9.97 Å². The highest BCUT2D eigenvalue weighted by molar-refractivity contribution is 9.10. The fourth-order valence-electron chi connectivity index (χ4n) is 1.73. The van der Waals surface area contributed by atoms with E-state index in [2.05, 4.69) is 36.5 Å². The van der Waals surface area contributed by atoms with E-state index in [4.69, 9.17) is 5.14 Å². The van der Waals surface area contributed by atoms with E-state index >= 15 is 0 Å². The fourth-order valence-corrected chi connectivity index (χ4v) is 2.54. The maximum absolute atomic E-state index is 11.2. The van der Waals surface area contributed by atoms with Crippen LogP contribution < -0.4 is 15.8 Å². The Bertz CT molecular complexity index is 825. The number of aliphatic hydroxyl groups is 1. The van der Waals surface area contributed by atoms with E-state index in [0.717, 1.165) is 0 Å². The molecule has 0 bridgehead atoms. The molecule has 0 atom stereocenters. The summed E-state index contributed by atoms with van der Waals surface area (Å²) in [5, 5.41) is 20.5. The van der Waals surface area contributed by atoms with Gasteiger partial charge < -0.3 is 15.7 Å². The smallest absolute Gasteiger partial charge is 0.238 e. The third kappa shape index (κ3) is 4.87. The van der Waals surface area contributed by atoms with Crippen LogP contribution in [0.5, 0.6) is 0 Å². The number of halogens is 1. The number of sulfonamides is 1. The third-order valence-electron chi connectivity index (χ3n) is 3.04. The summed E-state index contributed by atoms with van der Waals surface area (Å²) in [6.07, 6.45) is 1.57. The zero-order valence-electron chi connectivity index (χ0n) is 13.1. The van der Waals surface area contributed by atoms with E-state index < -0.39 is 15.6 Å². The molecule has 8 nitrogen and oxygen atoms in total. The SMILES string of the molecule is CC(C)(CO)Nc1nc(Nc2ccc(S(N)(=O)=O)cc2)ncc1Br. The van der Waals surface area contributed by atoms with Gasteiger partial charge in [0.25, 0.3) is 0 Å². The van der Waals surface area contributed by atoms with Crippen molar-refractivity contribution in [3.63, 3.8) is 0 Å². The molecule has 0 amide bonds. The van der Waals surface area contributed by atoms with Crippen LogP contribution in [0.15, 0.2) is 39.8 Å². The van der Waals surface area contributed by atoms with Crippen LogP contribution in [-0.4, -0.2) is 35.6 Å². The zero-order valence-corrected chi connectivity index (χ0v) is 15.5. The number of rotatable bonds is 6. The number of hydrogen-bond acceptors (Lipinski definition) is 7. The normalized spacial score (nSPS) is 12.0. The summed E-state index contributed by atoms with van der Waals surface area (Å²) in [7, 11) is -3.73. The van der Waals surface area contributed by atoms with E-state index in [1.807, 2.05) is 13.8 Å². The first-order chi connectivity index (χ1) is 11.1. The third-order valence-corrected chi connectivity index (χ3v) is 4.54. The Balaban J connectivity index is 2.21. The standard InChI is InChI=1S/C14H18BrN5O3S/c1-14(2,8-21)20-12-11(15)7-17-13(19-12)18-9-3-5-10(6-4-9)24(16,22)23/h3-7,21H,8H2,1-2H3,(H2,16,22,23)(H2,17,18,19,20). The minimum atomic E-state index is -3.73. The molecular formula is C14H18BrN5O3S. The van der Waals surface area contributed by atoms with Gasteiger partial charge in [-0.3, -0.25) is 0 Å². The maximum atomic E-state index is 11.2. The first-order valence-corrected chi connectivity index (χ1v) is 9.26. The average molecular weight is 416 g/mol. The minimum Gasteiger partial charge on any atom is -0.394 e. The molecule has 0 aliphatic heterocycles. The van der Waals surface area contributed by atoms with Crippen LogP contribution in [0.25, 0.3) is 0 Å². The second kappa shape index (κ2) is 7.01. The van der Waals surface area contributed by atoms with Crippen molar-refractivity contribution < 1.29 is 13.5 Å². The predicted octanol–water partition coefficient (Wildman–Crippen LogP) is 1.81. The summed E-state index contributed by atoms with van der Waals surface area (Å²) < 4.78 is 23.1. The lowest BCUT2D eigenvalue weighted by Crippen LogP contribution is -2.35. The van der Waals surface area contributed by atoms with E-state index in [1.54, 1.807) is 18.3 Å². The molecule has 0 spiro atoms. The van der Waals surface area contributed by atoms with Crippen LogP contribution in [-0.2, 0) is 10.0 Å². The number of nitrogens with zero attached hydrogens (tertiary/aromatic N) is 2. The van der Waals surface area contributed by atoms with E-state index in [-0.39, 0.29) is 11.5 Å². The van der Waals surface area contributed by atoms with Crippen LogP contribution >= 0.6 is 15.9 Å². The summed E-state index contributed by atoms with van der Waals surface area (Å²) in [6, 6.07) is 5.92. The predicted molar refractivity (Wildman–Crippen MR) is 95.6 cm³/mol. The molecule has 0 saturated carbocycles. The van der Waals surface area contributed by atoms with Crippen LogP contribution in [0.4, 0.5) is 17.5 Å². The molecule has 2 rings (SSSR count). The second-order valence-corrected chi connectivity index (χ2v) is 8.17. The molecule has 130 valence electrons. The topological polar surface area (TPSA) is 130 Å². The fraction of sp³-hybridized carbons (Fsp3) is 0.286. The van der Waals surface area contributed by atoms with Gasteiger partial charge in [-0.15, -0.1) is 0 Å². The van der Waals surface area contributed by atoms with Gasteiger partial charge in [-0.05, 0) is 54.0 Å². The van der Waals surface area contributed by atoms with Gasteiger partial charge in [0.05, 0.1) is 21.5 Å². The van der Waals surface area contributed by atoms with Crippen molar-refractivity contribution in [1.29, 1.82) is 0 Å². The molecule has 5 N–H and O–H groups in total. The molecule has 0 unspecified atom stereocenters. The van der Waals surface area contributed by atoms with Crippen molar-refractivity contribution in [3.8, 4) is 0 Å². The van der Waals surface area contributed by atoms with E-state index in [0.29, 0.717) is 21.9 Å². The molecule has 1 aromatic carbocycles. The molecule has 0 aliphatic carbocycles. The molecule has 1 heterocycles. The molecule has 0 fully saturated rings. The monoisotopic (exact) mass is 415 g/mol. The second-order valence-electron chi connectivity index (χ2n) is 5.75. The van der Waals surface area contributed by atoms with Crippen molar-refractivity contribution in [3.05, 3.63) is 34.9 Å². The van der Waals surface area contributed by atoms with Crippen LogP contribution in [0, 0.1) is 0 Å². The lowest BCUT2D eigenvalue weighted by molar-refractivity contribution is 0.234. The van der Waals surface area contributed by atoms with Gasteiger partial charge >= 0.3 is 0 Å². The summed E-state index contributed by atoms with van der Waals surface area (Å²) >= 11 is 3.35. The summed E-state index contributed by atoms with van der Waals surface area (Å²) in [6.45, 7) is 3.60. The quantitative estimate of drug-likeness (QED) is 0.565. The van der Waals surface area contributed by atoms with Crippen LogP contribution in [0.1, 0.15) is 13.8 Å². The molecule has 2 aromatic rings. The highest BCUT2D eigenvalue weighted by Crippen LogP contribution is 2.25. The molecule has 0 saturated heterocycles. The molecule has 10 heteroatoms. The zero-order chi connectivity index (χ0) is 18.0. The number of nitrogens with two attached hydrogens (primary N) is 1. The first-order valence-electron chi connectivity index (χ1n) is 6.92. The Hall–Kier alpha value is -1.75. The van der Waals surface area contributed by atoms with Crippen LogP contribution in [0.2, 0.25) is 0 Å². The average Bonchev–Trinajstić information content (AvgIpc) is 2.50. The number of benzene rings is 1.